The van der Waals surface area contributed by atoms with E-state index < -0.39 is 0 Å². The first-order valence-corrected chi connectivity index (χ1v) is 6.52. The lowest BCUT2D eigenvalue weighted by Gasteiger charge is -2.22. The molecule has 1 aromatic rings. The summed E-state index contributed by atoms with van der Waals surface area (Å²) in [5, 5.41) is 2.94. The fourth-order valence-electron chi connectivity index (χ4n) is 1.80. The summed E-state index contributed by atoms with van der Waals surface area (Å²) in [6, 6.07) is 3.53. The SMILES string of the molecule is O=C(NCC1CCOCC1)c1ccc(Br)nc1. The van der Waals surface area contributed by atoms with Gasteiger partial charge in [0.25, 0.3) is 5.91 Å². The van der Waals surface area contributed by atoms with Crippen molar-refractivity contribution in [1.29, 1.82) is 0 Å². The summed E-state index contributed by atoms with van der Waals surface area (Å²) in [6.07, 6.45) is 3.63. The van der Waals surface area contributed by atoms with E-state index in [1.807, 2.05) is 0 Å². The van der Waals surface area contributed by atoms with E-state index in [-0.39, 0.29) is 5.91 Å². The van der Waals surface area contributed by atoms with Crippen LogP contribution in [-0.4, -0.2) is 30.6 Å². The predicted octanol–water partition coefficient (Wildman–Crippen LogP) is 2.00. The number of pyridine rings is 1. The van der Waals surface area contributed by atoms with Crippen molar-refractivity contribution in [2.45, 2.75) is 12.8 Å². The fourth-order valence-corrected chi connectivity index (χ4v) is 2.03. The Morgan fingerprint density at radius 2 is 2.24 bits per heavy atom. The van der Waals surface area contributed by atoms with Gasteiger partial charge in [0.05, 0.1) is 5.56 Å². The first-order chi connectivity index (χ1) is 8.25. The van der Waals surface area contributed by atoms with Crippen molar-refractivity contribution in [3.05, 3.63) is 28.5 Å². The lowest BCUT2D eigenvalue weighted by atomic mass is 10.0. The van der Waals surface area contributed by atoms with Gasteiger partial charge < -0.3 is 10.1 Å². The quantitative estimate of drug-likeness (QED) is 0.869. The molecule has 1 amide bonds. The highest BCUT2D eigenvalue weighted by Gasteiger charge is 2.15. The van der Waals surface area contributed by atoms with Crippen LogP contribution in [0.4, 0.5) is 0 Å². The molecule has 5 heteroatoms. The van der Waals surface area contributed by atoms with E-state index in [4.69, 9.17) is 4.74 Å². The summed E-state index contributed by atoms with van der Waals surface area (Å²) in [5.41, 5.74) is 0.597. The van der Waals surface area contributed by atoms with E-state index in [1.165, 1.54) is 0 Å². The minimum absolute atomic E-state index is 0.0588. The number of nitrogens with zero attached hydrogens (tertiary/aromatic N) is 1. The van der Waals surface area contributed by atoms with E-state index in [9.17, 15) is 4.79 Å². The molecule has 1 N–H and O–H groups in total. The molecule has 0 aromatic carbocycles. The standard InChI is InChI=1S/C12H15BrN2O2/c13-11-2-1-10(8-14-11)12(16)15-7-9-3-5-17-6-4-9/h1-2,8-9H,3-7H2,(H,15,16). The average Bonchev–Trinajstić information content (AvgIpc) is 2.38. The highest BCUT2D eigenvalue weighted by molar-refractivity contribution is 9.10. The van der Waals surface area contributed by atoms with Gasteiger partial charge in [-0.2, -0.15) is 0 Å². The molecule has 92 valence electrons. The molecule has 1 fully saturated rings. The van der Waals surface area contributed by atoms with Gasteiger partial charge in [-0.3, -0.25) is 4.79 Å². The Bertz CT molecular complexity index is 375. The molecule has 17 heavy (non-hydrogen) atoms. The van der Waals surface area contributed by atoms with Crippen LogP contribution in [0.5, 0.6) is 0 Å². The van der Waals surface area contributed by atoms with Gasteiger partial charge in [0.1, 0.15) is 4.60 Å². The first-order valence-electron chi connectivity index (χ1n) is 5.73. The molecule has 1 aromatic heterocycles. The number of halogens is 1. The molecule has 1 saturated heterocycles. The number of carbonyl (C=O) groups excluding carboxylic acids is 1. The number of rotatable bonds is 3. The zero-order chi connectivity index (χ0) is 12.1. The largest absolute Gasteiger partial charge is 0.381 e. The highest BCUT2D eigenvalue weighted by Crippen LogP contribution is 2.13. The second-order valence-corrected chi connectivity index (χ2v) is 4.95. The van der Waals surface area contributed by atoms with E-state index in [2.05, 4.69) is 26.2 Å². The Hall–Kier alpha value is -0.940. The lowest BCUT2D eigenvalue weighted by molar-refractivity contribution is 0.0642. The molecule has 4 nitrogen and oxygen atoms in total. The zero-order valence-corrected chi connectivity index (χ0v) is 11.1. The lowest BCUT2D eigenvalue weighted by Crippen LogP contribution is -2.32. The third-order valence-electron chi connectivity index (χ3n) is 2.88. The van der Waals surface area contributed by atoms with Gasteiger partial charge in [-0.25, -0.2) is 4.98 Å². The van der Waals surface area contributed by atoms with Crippen LogP contribution in [0.1, 0.15) is 23.2 Å². The van der Waals surface area contributed by atoms with Crippen LogP contribution in [0.15, 0.2) is 22.9 Å². The molecular formula is C12H15BrN2O2. The van der Waals surface area contributed by atoms with Crippen molar-refractivity contribution < 1.29 is 9.53 Å². The molecule has 0 bridgehead atoms. The molecule has 0 atom stereocenters. The van der Waals surface area contributed by atoms with Crippen molar-refractivity contribution in [2.24, 2.45) is 5.92 Å². The Kier molecular flexibility index (Phi) is 4.50. The Balaban J connectivity index is 1.82. The molecule has 0 spiro atoms. The van der Waals surface area contributed by atoms with Crippen LogP contribution in [0, 0.1) is 5.92 Å². The highest BCUT2D eigenvalue weighted by atomic mass is 79.9. The maximum Gasteiger partial charge on any atom is 0.252 e. The Labute approximate surface area is 109 Å². The molecule has 1 aliphatic rings. The third-order valence-corrected chi connectivity index (χ3v) is 3.35. The minimum atomic E-state index is -0.0588. The number of amides is 1. The van der Waals surface area contributed by atoms with Crippen molar-refractivity contribution in [2.75, 3.05) is 19.8 Å². The van der Waals surface area contributed by atoms with Crippen LogP contribution in [-0.2, 0) is 4.74 Å². The summed E-state index contributed by atoms with van der Waals surface area (Å²) in [4.78, 5) is 15.8. The molecule has 2 heterocycles. The van der Waals surface area contributed by atoms with Gasteiger partial charge in [0.2, 0.25) is 0 Å². The minimum Gasteiger partial charge on any atom is -0.381 e. The molecule has 2 rings (SSSR count). The topological polar surface area (TPSA) is 51.2 Å². The van der Waals surface area contributed by atoms with Crippen molar-refractivity contribution in [1.82, 2.24) is 10.3 Å². The van der Waals surface area contributed by atoms with Gasteiger partial charge in [-0.15, -0.1) is 0 Å². The number of nitrogens with one attached hydrogen (secondary N) is 1. The molecule has 0 radical (unpaired) electrons. The van der Waals surface area contributed by atoms with Crippen LogP contribution >= 0.6 is 15.9 Å². The molecule has 1 aliphatic heterocycles. The number of hydrogen-bond donors (Lipinski definition) is 1. The van der Waals surface area contributed by atoms with Gasteiger partial charge in [-0.1, -0.05) is 0 Å². The van der Waals surface area contributed by atoms with Crippen LogP contribution in [0.25, 0.3) is 0 Å². The maximum atomic E-state index is 11.8. The predicted molar refractivity (Wildman–Crippen MR) is 67.8 cm³/mol. The van der Waals surface area contributed by atoms with E-state index in [1.54, 1.807) is 18.3 Å². The first kappa shape index (κ1) is 12.5. The van der Waals surface area contributed by atoms with Gasteiger partial charge in [0.15, 0.2) is 0 Å². The number of aromatic nitrogens is 1. The summed E-state index contributed by atoms with van der Waals surface area (Å²) in [7, 11) is 0. The normalized spacial score (nSPS) is 16.8. The van der Waals surface area contributed by atoms with Crippen LogP contribution in [0.2, 0.25) is 0 Å². The van der Waals surface area contributed by atoms with Gasteiger partial charge in [-0.05, 0) is 46.8 Å². The summed E-state index contributed by atoms with van der Waals surface area (Å²) in [5.74, 6) is 0.479. The smallest absolute Gasteiger partial charge is 0.252 e. The van der Waals surface area contributed by atoms with Gasteiger partial charge >= 0.3 is 0 Å². The van der Waals surface area contributed by atoms with Gasteiger partial charge in [0, 0.05) is 26.0 Å². The maximum absolute atomic E-state index is 11.8. The second-order valence-electron chi connectivity index (χ2n) is 4.14. The molecule has 0 saturated carbocycles. The second kappa shape index (κ2) is 6.12. The Morgan fingerprint density at radius 1 is 1.47 bits per heavy atom. The number of ether oxygens (including phenoxy) is 1. The van der Waals surface area contributed by atoms with E-state index in [0.717, 1.165) is 37.2 Å². The number of carbonyl (C=O) groups is 1. The van der Waals surface area contributed by atoms with Crippen LogP contribution in [0.3, 0.4) is 0 Å². The number of hydrogen-bond acceptors (Lipinski definition) is 3. The fraction of sp³-hybridized carbons (Fsp3) is 0.500. The van der Waals surface area contributed by atoms with Crippen molar-refractivity contribution in [3.63, 3.8) is 0 Å². The Morgan fingerprint density at radius 3 is 2.88 bits per heavy atom. The van der Waals surface area contributed by atoms with E-state index >= 15 is 0 Å². The monoisotopic (exact) mass is 298 g/mol. The molecular weight excluding hydrogens is 284 g/mol. The zero-order valence-electron chi connectivity index (χ0n) is 9.49. The third kappa shape index (κ3) is 3.78. The van der Waals surface area contributed by atoms with Crippen molar-refractivity contribution >= 4 is 21.8 Å². The van der Waals surface area contributed by atoms with Crippen molar-refractivity contribution in [3.8, 4) is 0 Å². The molecule has 0 aliphatic carbocycles. The summed E-state index contributed by atoms with van der Waals surface area (Å²) >= 11 is 3.24. The van der Waals surface area contributed by atoms with E-state index in [0.29, 0.717) is 11.5 Å². The van der Waals surface area contributed by atoms with Crippen LogP contribution < -0.4 is 5.32 Å². The summed E-state index contributed by atoms with van der Waals surface area (Å²) in [6.45, 7) is 2.33. The average molecular weight is 299 g/mol. The molecule has 0 unspecified atom stereocenters. The summed E-state index contributed by atoms with van der Waals surface area (Å²) < 4.78 is 6.01.